The summed E-state index contributed by atoms with van der Waals surface area (Å²) in [5.74, 6) is 0. The lowest BCUT2D eigenvalue weighted by Crippen LogP contribution is -2.04. The van der Waals surface area contributed by atoms with E-state index < -0.39 is 0 Å². The molecule has 0 saturated heterocycles. The van der Waals surface area contributed by atoms with Crippen LogP contribution in [0.3, 0.4) is 0 Å². The minimum absolute atomic E-state index is 1.38. The zero-order chi connectivity index (χ0) is 5.11. The van der Waals surface area contributed by atoms with Crippen molar-refractivity contribution in [2.75, 3.05) is 7.11 Å². The van der Waals surface area contributed by atoms with Gasteiger partial charge in [-0.15, -0.1) is 9.94 Å². The van der Waals surface area contributed by atoms with Gasteiger partial charge in [-0.1, -0.05) is 0 Å². The molecule has 1 aromatic rings. The molecule has 0 atom stereocenters. The van der Waals surface area contributed by atoms with Gasteiger partial charge in [-0.05, 0) is 6.07 Å². The lowest BCUT2D eigenvalue weighted by molar-refractivity contribution is 0.134. The molecular formula is C4H6N2O. The van der Waals surface area contributed by atoms with Crippen LogP contribution in [0.25, 0.3) is 0 Å². The molecule has 0 aliphatic rings. The normalized spacial score (nSPS) is 8.71. The molecule has 0 radical (unpaired) electrons. The van der Waals surface area contributed by atoms with Crippen LogP contribution in [0.15, 0.2) is 18.5 Å². The van der Waals surface area contributed by atoms with Crippen LogP contribution in [-0.2, 0) is 0 Å². The fraction of sp³-hybridized carbons (Fsp3) is 0.250. The third kappa shape index (κ3) is 0.707. The standard InChI is InChI=1S/C4H6N2O/c1-7-6-4-2-3-5-6/h2-4H,1H3. The minimum atomic E-state index is 1.38. The van der Waals surface area contributed by atoms with Gasteiger partial charge in [0.25, 0.3) is 0 Å². The first-order valence-electron chi connectivity index (χ1n) is 1.97. The molecule has 0 unspecified atom stereocenters. The molecule has 0 amide bonds. The smallest absolute Gasteiger partial charge is 0.106 e. The molecule has 0 bridgehead atoms. The Kier molecular flexibility index (Phi) is 0.978. The zero-order valence-electron chi connectivity index (χ0n) is 4.03. The Morgan fingerprint density at radius 1 is 1.71 bits per heavy atom. The monoisotopic (exact) mass is 98.0 g/mol. The second-order valence-corrected chi connectivity index (χ2v) is 1.09. The van der Waals surface area contributed by atoms with Crippen molar-refractivity contribution < 1.29 is 4.84 Å². The van der Waals surface area contributed by atoms with Gasteiger partial charge in [-0.2, -0.15) is 0 Å². The van der Waals surface area contributed by atoms with Crippen LogP contribution in [0.4, 0.5) is 0 Å². The van der Waals surface area contributed by atoms with Gasteiger partial charge in [0, 0.05) is 0 Å². The second-order valence-electron chi connectivity index (χ2n) is 1.09. The van der Waals surface area contributed by atoms with Crippen molar-refractivity contribution >= 4 is 0 Å². The van der Waals surface area contributed by atoms with E-state index in [0.717, 1.165) is 0 Å². The third-order valence-corrected chi connectivity index (χ3v) is 0.667. The summed E-state index contributed by atoms with van der Waals surface area (Å²) >= 11 is 0. The average molecular weight is 98.1 g/mol. The van der Waals surface area contributed by atoms with E-state index in [-0.39, 0.29) is 0 Å². The second kappa shape index (κ2) is 1.64. The molecule has 0 saturated carbocycles. The Morgan fingerprint density at radius 3 is 2.86 bits per heavy atom. The van der Waals surface area contributed by atoms with Crippen molar-refractivity contribution in [1.82, 2.24) is 9.94 Å². The molecule has 3 nitrogen and oxygen atoms in total. The molecule has 0 spiro atoms. The summed E-state index contributed by atoms with van der Waals surface area (Å²) in [4.78, 5) is 6.03. The molecule has 0 aromatic carbocycles. The fourth-order valence-electron chi connectivity index (χ4n) is 0.363. The Labute approximate surface area is 41.5 Å². The molecule has 1 aromatic heterocycles. The molecule has 0 aliphatic carbocycles. The SMILES string of the molecule is COn1cccn1. The number of aromatic nitrogens is 2. The van der Waals surface area contributed by atoms with Gasteiger partial charge in [0.2, 0.25) is 0 Å². The van der Waals surface area contributed by atoms with Crippen LogP contribution < -0.4 is 4.84 Å². The summed E-state index contributed by atoms with van der Waals surface area (Å²) in [5, 5.41) is 3.73. The maximum absolute atomic E-state index is 4.66. The van der Waals surface area contributed by atoms with E-state index in [1.165, 1.54) is 4.85 Å². The van der Waals surface area contributed by atoms with Crippen molar-refractivity contribution in [2.24, 2.45) is 0 Å². The van der Waals surface area contributed by atoms with Crippen LogP contribution in [0.2, 0.25) is 0 Å². The largest absolute Gasteiger partial charge is 0.400 e. The topological polar surface area (TPSA) is 27.1 Å². The fourth-order valence-corrected chi connectivity index (χ4v) is 0.363. The van der Waals surface area contributed by atoms with E-state index in [1.54, 1.807) is 25.6 Å². The highest BCUT2D eigenvalue weighted by atomic mass is 16.7. The Morgan fingerprint density at radius 2 is 2.57 bits per heavy atom. The van der Waals surface area contributed by atoms with Gasteiger partial charge >= 0.3 is 0 Å². The average Bonchev–Trinajstić information content (AvgIpc) is 2.14. The summed E-state index contributed by atoms with van der Waals surface area (Å²) in [6.07, 6.45) is 3.38. The van der Waals surface area contributed by atoms with Gasteiger partial charge in [0.1, 0.15) is 7.11 Å². The number of hydrogen-bond donors (Lipinski definition) is 0. The number of hydrogen-bond acceptors (Lipinski definition) is 2. The Hall–Kier alpha value is -0.990. The summed E-state index contributed by atoms with van der Waals surface area (Å²) in [6, 6.07) is 1.80. The molecule has 1 rings (SSSR count). The summed E-state index contributed by atoms with van der Waals surface area (Å²) < 4.78 is 0. The molecule has 0 aliphatic heterocycles. The van der Waals surface area contributed by atoms with E-state index in [1.807, 2.05) is 0 Å². The molecule has 38 valence electrons. The van der Waals surface area contributed by atoms with Gasteiger partial charge in [0.05, 0.1) is 12.4 Å². The van der Waals surface area contributed by atoms with Gasteiger partial charge in [-0.25, -0.2) is 0 Å². The van der Waals surface area contributed by atoms with Crippen LogP contribution in [-0.4, -0.2) is 17.1 Å². The number of rotatable bonds is 1. The Bertz CT molecular complexity index is 124. The molecule has 1 heterocycles. The van der Waals surface area contributed by atoms with Crippen molar-refractivity contribution in [3.63, 3.8) is 0 Å². The highest BCUT2D eigenvalue weighted by Crippen LogP contribution is 1.74. The predicted molar refractivity (Wildman–Crippen MR) is 24.7 cm³/mol. The van der Waals surface area contributed by atoms with E-state index in [0.29, 0.717) is 0 Å². The van der Waals surface area contributed by atoms with Gasteiger partial charge in [0.15, 0.2) is 0 Å². The third-order valence-electron chi connectivity index (χ3n) is 0.667. The van der Waals surface area contributed by atoms with Gasteiger partial charge < -0.3 is 4.84 Å². The van der Waals surface area contributed by atoms with Crippen molar-refractivity contribution in [3.8, 4) is 0 Å². The van der Waals surface area contributed by atoms with E-state index >= 15 is 0 Å². The maximum atomic E-state index is 4.66. The maximum Gasteiger partial charge on any atom is 0.106 e. The molecular weight excluding hydrogens is 92.1 g/mol. The van der Waals surface area contributed by atoms with E-state index in [2.05, 4.69) is 9.94 Å². The van der Waals surface area contributed by atoms with Crippen LogP contribution in [0.1, 0.15) is 0 Å². The van der Waals surface area contributed by atoms with E-state index in [4.69, 9.17) is 0 Å². The molecule has 7 heavy (non-hydrogen) atoms. The molecule has 3 heteroatoms. The van der Waals surface area contributed by atoms with Crippen LogP contribution in [0.5, 0.6) is 0 Å². The lowest BCUT2D eigenvalue weighted by atomic mass is 10.8. The van der Waals surface area contributed by atoms with Crippen LogP contribution in [0, 0.1) is 0 Å². The quantitative estimate of drug-likeness (QED) is 0.492. The first kappa shape index (κ1) is 4.18. The summed E-state index contributed by atoms with van der Waals surface area (Å²) in [5.41, 5.74) is 0. The molecule has 0 N–H and O–H groups in total. The van der Waals surface area contributed by atoms with Gasteiger partial charge in [-0.3, -0.25) is 0 Å². The van der Waals surface area contributed by atoms with Crippen molar-refractivity contribution in [3.05, 3.63) is 18.5 Å². The summed E-state index contributed by atoms with van der Waals surface area (Å²) in [7, 11) is 1.56. The van der Waals surface area contributed by atoms with Crippen LogP contribution >= 0.6 is 0 Å². The van der Waals surface area contributed by atoms with E-state index in [9.17, 15) is 0 Å². The zero-order valence-corrected chi connectivity index (χ0v) is 4.03. The number of nitrogens with zero attached hydrogens (tertiary/aromatic N) is 2. The minimum Gasteiger partial charge on any atom is -0.400 e. The molecule has 0 fully saturated rings. The highest BCUT2D eigenvalue weighted by molar-refractivity contribution is 4.74. The van der Waals surface area contributed by atoms with Crippen molar-refractivity contribution in [1.29, 1.82) is 0 Å². The first-order valence-corrected chi connectivity index (χ1v) is 1.97. The van der Waals surface area contributed by atoms with Crippen molar-refractivity contribution in [2.45, 2.75) is 0 Å². The first-order chi connectivity index (χ1) is 3.43. The highest BCUT2D eigenvalue weighted by Gasteiger charge is 1.77. The summed E-state index contributed by atoms with van der Waals surface area (Å²) in [6.45, 7) is 0. The lowest BCUT2D eigenvalue weighted by Gasteiger charge is -1.91. The predicted octanol–water partition coefficient (Wildman–Crippen LogP) is -0.0585. The Balaban J connectivity index is 2.76.